The van der Waals surface area contributed by atoms with Gasteiger partial charge in [0.1, 0.15) is 18.4 Å². The van der Waals surface area contributed by atoms with Crippen LogP contribution in [0.5, 0.6) is 5.75 Å². The molecule has 0 atom stereocenters. The monoisotopic (exact) mass is 471 g/mol. The van der Waals surface area contributed by atoms with Crippen molar-refractivity contribution in [2.75, 3.05) is 0 Å². The molecular weight excluding hydrogens is 454 g/mol. The van der Waals surface area contributed by atoms with E-state index in [0.717, 1.165) is 21.9 Å². The zero-order valence-electron chi connectivity index (χ0n) is 17.4. The van der Waals surface area contributed by atoms with Crippen molar-refractivity contribution in [1.82, 2.24) is 19.2 Å². The van der Waals surface area contributed by atoms with E-state index in [1.165, 1.54) is 11.8 Å². The first kappa shape index (κ1) is 21.1. The number of hydrogen-bond acceptors (Lipinski definition) is 5. The van der Waals surface area contributed by atoms with Crippen molar-refractivity contribution in [3.05, 3.63) is 107 Å². The van der Waals surface area contributed by atoms with Gasteiger partial charge in [-0.05, 0) is 42.0 Å². The normalized spacial score (nSPS) is 10.9. The lowest BCUT2D eigenvalue weighted by atomic mass is 10.2. The number of para-hydroxylation sites is 2. The molecule has 3 aromatic heterocycles. The highest BCUT2D eigenvalue weighted by molar-refractivity contribution is 7.98. The van der Waals surface area contributed by atoms with Crippen LogP contribution in [0.3, 0.4) is 0 Å². The topological polar surface area (TPSA) is 68.1 Å². The number of hydrogen-bond donors (Lipinski definition) is 0. The smallest absolute Gasteiger partial charge is 0.196 e. The van der Waals surface area contributed by atoms with Gasteiger partial charge in [-0.2, -0.15) is 5.26 Å². The average molecular weight is 472 g/mol. The second kappa shape index (κ2) is 9.41. The van der Waals surface area contributed by atoms with Crippen LogP contribution in [-0.2, 0) is 12.4 Å². The molecule has 0 radical (unpaired) electrons. The van der Waals surface area contributed by atoms with Crippen molar-refractivity contribution in [2.24, 2.45) is 0 Å². The summed E-state index contributed by atoms with van der Waals surface area (Å²) in [5.74, 6) is 1.84. The fourth-order valence-corrected chi connectivity index (χ4v) is 4.72. The maximum Gasteiger partial charge on any atom is 0.196 e. The summed E-state index contributed by atoms with van der Waals surface area (Å²) in [6, 6.07) is 25.4. The summed E-state index contributed by atoms with van der Waals surface area (Å²) >= 11 is 7.76. The van der Waals surface area contributed by atoms with Crippen molar-refractivity contribution in [3.63, 3.8) is 0 Å². The van der Waals surface area contributed by atoms with Crippen LogP contribution in [0.15, 0.2) is 90.3 Å². The van der Waals surface area contributed by atoms with Crippen LogP contribution in [0.1, 0.15) is 17.0 Å². The molecule has 5 rings (SSSR count). The SMILES string of the molecule is N#Cc1c(CSc2nnc(COc3ccccc3Cl)n2-c2ccccc2)cn2ccccc12. The van der Waals surface area contributed by atoms with E-state index in [2.05, 4.69) is 16.3 Å². The minimum atomic E-state index is 0.214. The summed E-state index contributed by atoms with van der Waals surface area (Å²) in [5.41, 5.74) is 3.46. The number of rotatable bonds is 7. The largest absolute Gasteiger partial charge is 0.484 e. The highest BCUT2D eigenvalue weighted by Crippen LogP contribution is 2.29. The molecule has 0 N–H and O–H groups in total. The van der Waals surface area contributed by atoms with Crippen molar-refractivity contribution in [3.8, 4) is 17.5 Å². The summed E-state index contributed by atoms with van der Waals surface area (Å²) in [4.78, 5) is 0. The van der Waals surface area contributed by atoms with Crippen LogP contribution >= 0.6 is 23.4 Å². The first-order valence-corrected chi connectivity index (χ1v) is 11.6. The molecule has 0 saturated carbocycles. The van der Waals surface area contributed by atoms with Gasteiger partial charge < -0.3 is 9.14 Å². The third kappa shape index (κ3) is 4.31. The summed E-state index contributed by atoms with van der Waals surface area (Å²) < 4.78 is 9.87. The Labute approximate surface area is 200 Å². The maximum absolute atomic E-state index is 9.71. The lowest BCUT2D eigenvalue weighted by Gasteiger charge is -2.11. The minimum Gasteiger partial charge on any atom is -0.484 e. The zero-order chi connectivity index (χ0) is 22.6. The predicted octanol–water partition coefficient (Wildman–Crippen LogP) is 5.92. The third-order valence-electron chi connectivity index (χ3n) is 5.14. The van der Waals surface area contributed by atoms with Crippen LogP contribution in [0.25, 0.3) is 11.2 Å². The second-order valence-corrected chi connectivity index (χ2v) is 8.56. The molecule has 162 valence electrons. The van der Waals surface area contributed by atoms with Crippen LogP contribution in [0.2, 0.25) is 5.02 Å². The number of benzene rings is 2. The van der Waals surface area contributed by atoms with Crippen molar-refractivity contribution in [2.45, 2.75) is 17.5 Å². The van der Waals surface area contributed by atoms with Crippen LogP contribution in [0.4, 0.5) is 0 Å². The molecule has 0 aliphatic heterocycles. The van der Waals surface area contributed by atoms with Crippen molar-refractivity contribution in [1.29, 1.82) is 5.26 Å². The number of nitrogens with zero attached hydrogens (tertiary/aromatic N) is 5. The first-order valence-electron chi connectivity index (χ1n) is 10.2. The number of nitriles is 1. The van der Waals surface area contributed by atoms with Gasteiger partial charge in [0.05, 0.1) is 16.1 Å². The zero-order valence-corrected chi connectivity index (χ0v) is 19.0. The fourth-order valence-electron chi connectivity index (χ4n) is 3.59. The Bertz CT molecular complexity index is 1450. The molecule has 0 spiro atoms. The third-order valence-corrected chi connectivity index (χ3v) is 6.43. The molecule has 0 amide bonds. The highest BCUT2D eigenvalue weighted by atomic mass is 35.5. The van der Waals surface area contributed by atoms with Crippen LogP contribution in [0, 0.1) is 11.3 Å². The van der Waals surface area contributed by atoms with E-state index >= 15 is 0 Å². The van der Waals surface area contributed by atoms with Crippen LogP contribution in [-0.4, -0.2) is 19.2 Å². The summed E-state index contributed by atoms with van der Waals surface area (Å²) in [5, 5.41) is 19.8. The molecule has 3 heterocycles. The van der Waals surface area contributed by atoms with E-state index in [-0.39, 0.29) is 6.61 Å². The molecule has 0 aliphatic carbocycles. The molecule has 0 aliphatic rings. The van der Waals surface area contributed by atoms with Gasteiger partial charge >= 0.3 is 0 Å². The number of ether oxygens (including phenoxy) is 1. The van der Waals surface area contributed by atoms with Gasteiger partial charge in [0, 0.05) is 23.8 Å². The summed E-state index contributed by atoms with van der Waals surface area (Å²) in [6.07, 6.45) is 3.94. The first-order chi connectivity index (χ1) is 16.2. The number of pyridine rings is 1. The van der Waals surface area contributed by atoms with Gasteiger partial charge in [0.15, 0.2) is 11.0 Å². The van der Waals surface area contributed by atoms with E-state index in [1.807, 2.05) is 88.1 Å². The molecule has 5 aromatic rings. The summed E-state index contributed by atoms with van der Waals surface area (Å²) in [6.45, 7) is 0.214. The Morgan fingerprint density at radius 2 is 1.76 bits per heavy atom. The molecule has 6 nitrogen and oxygen atoms in total. The molecule has 8 heteroatoms. The van der Waals surface area contributed by atoms with E-state index in [0.29, 0.717) is 27.9 Å². The Hall–Kier alpha value is -3.73. The van der Waals surface area contributed by atoms with Gasteiger partial charge in [-0.3, -0.25) is 4.57 Å². The quantitative estimate of drug-likeness (QED) is 0.276. The highest BCUT2D eigenvalue weighted by Gasteiger charge is 2.17. The van der Waals surface area contributed by atoms with E-state index in [4.69, 9.17) is 16.3 Å². The maximum atomic E-state index is 9.71. The van der Waals surface area contributed by atoms with Crippen molar-refractivity contribution < 1.29 is 4.74 Å². The van der Waals surface area contributed by atoms with E-state index < -0.39 is 0 Å². The molecule has 0 saturated heterocycles. The lowest BCUT2D eigenvalue weighted by Crippen LogP contribution is -2.06. The van der Waals surface area contributed by atoms with E-state index in [1.54, 1.807) is 6.07 Å². The Kier molecular flexibility index (Phi) is 6.03. The van der Waals surface area contributed by atoms with Gasteiger partial charge in [-0.15, -0.1) is 10.2 Å². The molecule has 0 bridgehead atoms. The number of fused-ring (bicyclic) bond motifs is 1. The van der Waals surface area contributed by atoms with Gasteiger partial charge in [0.25, 0.3) is 0 Å². The molecule has 2 aromatic carbocycles. The Morgan fingerprint density at radius 1 is 0.970 bits per heavy atom. The molecule has 0 fully saturated rings. The van der Waals surface area contributed by atoms with Crippen molar-refractivity contribution >= 4 is 28.9 Å². The second-order valence-electron chi connectivity index (χ2n) is 7.21. The Balaban J connectivity index is 1.44. The number of aromatic nitrogens is 4. The predicted molar refractivity (Wildman–Crippen MR) is 129 cm³/mol. The average Bonchev–Trinajstić information content (AvgIpc) is 3.43. The van der Waals surface area contributed by atoms with Gasteiger partial charge in [0.2, 0.25) is 0 Å². The summed E-state index contributed by atoms with van der Waals surface area (Å²) in [7, 11) is 0. The fraction of sp³-hybridized carbons (Fsp3) is 0.0800. The van der Waals surface area contributed by atoms with Gasteiger partial charge in [-0.25, -0.2) is 0 Å². The Morgan fingerprint density at radius 3 is 2.58 bits per heavy atom. The standard InChI is InChI=1S/C25H18ClN5OS/c26-21-10-4-5-12-23(21)32-16-24-28-29-25(31(24)19-8-2-1-3-9-19)33-17-18-15-30-13-7-6-11-22(30)20(18)14-27/h1-13,15H,16-17H2. The molecule has 0 unspecified atom stereocenters. The van der Waals surface area contributed by atoms with Gasteiger partial charge in [-0.1, -0.05) is 59.8 Å². The molecule has 33 heavy (non-hydrogen) atoms. The van der Waals surface area contributed by atoms with Crippen LogP contribution < -0.4 is 4.74 Å². The lowest BCUT2D eigenvalue weighted by molar-refractivity contribution is 0.293. The number of halogens is 1. The minimum absolute atomic E-state index is 0.214. The van der Waals surface area contributed by atoms with E-state index in [9.17, 15) is 5.26 Å². The number of thioether (sulfide) groups is 1. The molecular formula is C25H18ClN5OS.